The number of aliphatic carboxylic acids is 1. The Morgan fingerprint density at radius 3 is 2.61 bits per heavy atom. The van der Waals surface area contributed by atoms with Gasteiger partial charge in [0, 0.05) is 32.0 Å². The second kappa shape index (κ2) is 10.8. The fourth-order valence-corrected chi connectivity index (χ4v) is 3.96. The molecular formula is C23H31ClN4O3. The zero-order valence-electron chi connectivity index (χ0n) is 18.3. The van der Waals surface area contributed by atoms with Crippen molar-refractivity contribution in [3.8, 4) is 0 Å². The van der Waals surface area contributed by atoms with Gasteiger partial charge in [0.25, 0.3) is 0 Å². The minimum Gasteiger partial charge on any atom is -0.481 e. The van der Waals surface area contributed by atoms with E-state index in [1.807, 2.05) is 19.1 Å². The number of nitrogens with zero attached hydrogens (tertiary/aromatic N) is 3. The van der Waals surface area contributed by atoms with Crippen LogP contribution in [0, 0.1) is 5.92 Å². The van der Waals surface area contributed by atoms with Crippen molar-refractivity contribution < 1.29 is 14.6 Å². The van der Waals surface area contributed by atoms with Crippen molar-refractivity contribution in [3.63, 3.8) is 0 Å². The van der Waals surface area contributed by atoms with Crippen molar-refractivity contribution in [2.24, 2.45) is 5.92 Å². The van der Waals surface area contributed by atoms with Crippen LogP contribution in [0.1, 0.15) is 51.5 Å². The number of hydrogen-bond donors (Lipinski definition) is 2. The monoisotopic (exact) mass is 446 g/mol. The molecule has 0 radical (unpaired) electrons. The van der Waals surface area contributed by atoms with Gasteiger partial charge in [-0.2, -0.15) is 0 Å². The molecule has 1 aliphatic rings. The molecular weight excluding hydrogens is 416 g/mol. The van der Waals surface area contributed by atoms with E-state index in [1.54, 1.807) is 18.5 Å². The summed E-state index contributed by atoms with van der Waals surface area (Å²) >= 11 is 5.94. The number of carboxylic acid groups (broad SMARTS) is 1. The van der Waals surface area contributed by atoms with Crippen LogP contribution in [0.15, 0.2) is 30.6 Å². The molecule has 3 rings (SSSR count). The lowest BCUT2D eigenvalue weighted by atomic mass is 9.98. The average Bonchev–Trinajstić information content (AvgIpc) is 2.74. The third-order valence-electron chi connectivity index (χ3n) is 5.41. The second-order valence-corrected chi connectivity index (χ2v) is 8.91. The third kappa shape index (κ3) is 6.55. The van der Waals surface area contributed by atoms with Gasteiger partial charge in [0.15, 0.2) is 5.82 Å². The molecule has 168 valence electrons. The molecule has 0 unspecified atom stereocenters. The van der Waals surface area contributed by atoms with Gasteiger partial charge in [-0.15, -0.1) is 0 Å². The number of nitrogens with one attached hydrogen (secondary N) is 1. The highest BCUT2D eigenvalue weighted by atomic mass is 35.5. The molecule has 0 bridgehead atoms. The van der Waals surface area contributed by atoms with Crippen LogP contribution in [-0.4, -0.2) is 46.8 Å². The lowest BCUT2D eigenvalue weighted by molar-refractivity contribution is -0.137. The summed E-state index contributed by atoms with van der Waals surface area (Å²) in [6, 6.07) is 5.96. The molecule has 0 spiro atoms. The zero-order chi connectivity index (χ0) is 22.4. The molecule has 0 amide bonds. The molecule has 0 aromatic carbocycles. The molecule has 2 aromatic rings. The predicted octanol–water partition coefficient (Wildman–Crippen LogP) is 5.09. The number of halogens is 1. The maximum atomic E-state index is 11.2. The van der Waals surface area contributed by atoms with Crippen LogP contribution in [-0.2, 0) is 9.53 Å². The summed E-state index contributed by atoms with van der Waals surface area (Å²) in [4.78, 5) is 22.6. The molecule has 7 nitrogen and oxygen atoms in total. The van der Waals surface area contributed by atoms with Gasteiger partial charge >= 0.3 is 5.97 Å². The van der Waals surface area contributed by atoms with Crippen LogP contribution in [0.25, 0.3) is 0 Å². The summed E-state index contributed by atoms with van der Waals surface area (Å²) in [5.74, 6) is 0.350. The number of ether oxygens (including phenoxy) is 1. The molecule has 1 saturated heterocycles. The fourth-order valence-electron chi connectivity index (χ4n) is 3.85. The molecule has 31 heavy (non-hydrogen) atoms. The normalized spacial score (nSPS) is 15.6. The smallest absolute Gasteiger partial charge is 0.303 e. The minimum atomic E-state index is -0.823. The van der Waals surface area contributed by atoms with E-state index in [0.717, 1.165) is 55.4 Å². The Kier molecular flexibility index (Phi) is 8.09. The van der Waals surface area contributed by atoms with E-state index < -0.39 is 5.97 Å². The van der Waals surface area contributed by atoms with Crippen LogP contribution >= 0.6 is 11.6 Å². The molecule has 1 fully saturated rings. The molecule has 2 N–H and O–H groups in total. The predicted molar refractivity (Wildman–Crippen MR) is 123 cm³/mol. The van der Waals surface area contributed by atoms with E-state index in [4.69, 9.17) is 21.3 Å². The quantitative estimate of drug-likeness (QED) is 0.518. The largest absolute Gasteiger partial charge is 0.481 e. The van der Waals surface area contributed by atoms with Gasteiger partial charge < -0.3 is 20.1 Å². The number of anilines is 3. The van der Waals surface area contributed by atoms with Crippen molar-refractivity contribution in [3.05, 3.63) is 41.3 Å². The van der Waals surface area contributed by atoms with Gasteiger partial charge in [0.05, 0.1) is 24.0 Å². The summed E-state index contributed by atoms with van der Waals surface area (Å²) in [5.41, 5.74) is 2.52. The van der Waals surface area contributed by atoms with Crippen LogP contribution in [0.4, 0.5) is 17.2 Å². The molecule has 2 aromatic heterocycles. The standard InChI is InChI=1S/C23H31ClN4O3/c1-15(2)14-28(19-6-8-31-9-7-19)23-20(27-18-4-5-21(24)25-13-18)11-17(12-26-23)16(3)10-22(29)30/h4-5,11-13,15-16,19,27H,6-10,14H2,1-3H3,(H,29,30)/t16-/m1/s1. The van der Waals surface area contributed by atoms with Gasteiger partial charge in [-0.3, -0.25) is 4.79 Å². The second-order valence-electron chi connectivity index (χ2n) is 8.52. The molecule has 0 aliphatic carbocycles. The molecule has 8 heteroatoms. The maximum Gasteiger partial charge on any atom is 0.303 e. The highest BCUT2D eigenvalue weighted by molar-refractivity contribution is 6.29. The van der Waals surface area contributed by atoms with E-state index in [1.165, 1.54) is 0 Å². The van der Waals surface area contributed by atoms with Gasteiger partial charge in [-0.1, -0.05) is 32.4 Å². The molecule has 1 atom stereocenters. The van der Waals surface area contributed by atoms with Gasteiger partial charge in [-0.05, 0) is 48.4 Å². The van der Waals surface area contributed by atoms with Crippen LogP contribution in [0.3, 0.4) is 0 Å². The first kappa shape index (κ1) is 23.3. The van der Waals surface area contributed by atoms with Crippen molar-refractivity contribution in [2.45, 2.75) is 52.0 Å². The van der Waals surface area contributed by atoms with E-state index in [9.17, 15) is 9.90 Å². The summed E-state index contributed by atoms with van der Waals surface area (Å²) in [6.07, 6.45) is 5.45. The Morgan fingerprint density at radius 2 is 2.00 bits per heavy atom. The Hall–Kier alpha value is -2.38. The van der Waals surface area contributed by atoms with Gasteiger partial charge in [-0.25, -0.2) is 9.97 Å². The van der Waals surface area contributed by atoms with Crippen LogP contribution in [0.5, 0.6) is 0 Å². The molecule has 1 aliphatic heterocycles. The molecule has 0 saturated carbocycles. The fraction of sp³-hybridized carbons (Fsp3) is 0.522. The first-order valence-electron chi connectivity index (χ1n) is 10.8. The van der Waals surface area contributed by atoms with E-state index >= 15 is 0 Å². The summed E-state index contributed by atoms with van der Waals surface area (Å²) in [6.45, 7) is 8.67. The zero-order valence-corrected chi connectivity index (χ0v) is 19.1. The van der Waals surface area contributed by atoms with E-state index in [0.29, 0.717) is 17.1 Å². The Morgan fingerprint density at radius 1 is 1.26 bits per heavy atom. The van der Waals surface area contributed by atoms with Crippen LogP contribution in [0.2, 0.25) is 5.15 Å². The highest BCUT2D eigenvalue weighted by Gasteiger charge is 2.26. The number of rotatable bonds is 9. The maximum absolute atomic E-state index is 11.2. The Balaban J connectivity index is 2.00. The van der Waals surface area contributed by atoms with Crippen molar-refractivity contribution >= 4 is 34.8 Å². The van der Waals surface area contributed by atoms with Gasteiger partial charge in [0.2, 0.25) is 0 Å². The minimum absolute atomic E-state index is 0.0542. The summed E-state index contributed by atoms with van der Waals surface area (Å²) in [7, 11) is 0. The van der Waals surface area contributed by atoms with Gasteiger partial charge in [0.1, 0.15) is 5.15 Å². The lowest BCUT2D eigenvalue weighted by Crippen LogP contribution is -2.42. The topological polar surface area (TPSA) is 87.6 Å². The Labute approximate surface area is 188 Å². The first-order chi connectivity index (χ1) is 14.8. The number of carboxylic acids is 1. The van der Waals surface area contributed by atoms with E-state index in [2.05, 4.69) is 29.0 Å². The van der Waals surface area contributed by atoms with Crippen molar-refractivity contribution in [1.82, 2.24) is 9.97 Å². The number of carbonyl (C=O) groups is 1. The number of pyridine rings is 2. The van der Waals surface area contributed by atoms with Crippen molar-refractivity contribution in [2.75, 3.05) is 30.0 Å². The van der Waals surface area contributed by atoms with Crippen LogP contribution < -0.4 is 10.2 Å². The third-order valence-corrected chi connectivity index (χ3v) is 5.63. The Bertz CT molecular complexity index is 870. The summed E-state index contributed by atoms with van der Waals surface area (Å²) in [5, 5.41) is 13.1. The lowest BCUT2D eigenvalue weighted by Gasteiger charge is -2.37. The SMILES string of the molecule is CC(C)CN(c1ncc([C@H](C)CC(=O)O)cc1Nc1ccc(Cl)nc1)C1CCOCC1. The number of hydrogen-bond acceptors (Lipinski definition) is 6. The first-order valence-corrected chi connectivity index (χ1v) is 11.2. The highest BCUT2D eigenvalue weighted by Crippen LogP contribution is 2.34. The number of aromatic nitrogens is 2. The van der Waals surface area contributed by atoms with E-state index in [-0.39, 0.29) is 12.3 Å². The summed E-state index contributed by atoms with van der Waals surface area (Å²) < 4.78 is 5.58. The average molecular weight is 447 g/mol. The molecule has 3 heterocycles. The van der Waals surface area contributed by atoms with Crippen molar-refractivity contribution in [1.29, 1.82) is 0 Å².